The normalized spacial score (nSPS) is 12.8. The molecular formula is C17H17NOS. The summed E-state index contributed by atoms with van der Waals surface area (Å²) < 4.78 is 1.18. The van der Waals surface area contributed by atoms with Gasteiger partial charge in [0.05, 0.1) is 21.3 Å². The molecule has 0 aliphatic rings. The second kappa shape index (κ2) is 5.35. The maximum absolute atomic E-state index is 10.4. The molecule has 2 aromatic carbocycles. The predicted molar refractivity (Wildman–Crippen MR) is 84.2 cm³/mol. The molecule has 0 bridgehead atoms. The van der Waals surface area contributed by atoms with Gasteiger partial charge in [-0.2, -0.15) is 0 Å². The van der Waals surface area contributed by atoms with Crippen LogP contribution in [0, 0.1) is 13.8 Å². The largest absolute Gasteiger partial charge is 0.388 e. The van der Waals surface area contributed by atoms with Crippen LogP contribution in [-0.4, -0.2) is 10.1 Å². The van der Waals surface area contributed by atoms with Gasteiger partial charge in [0, 0.05) is 6.42 Å². The zero-order valence-corrected chi connectivity index (χ0v) is 12.4. The molecule has 0 aliphatic carbocycles. The summed E-state index contributed by atoms with van der Waals surface area (Å²) in [6, 6.07) is 14.2. The molecule has 0 amide bonds. The molecule has 0 fully saturated rings. The Bertz CT molecular complexity index is 715. The summed E-state index contributed by atoms with van der Waals surface area (Å²) in [5, 5.41) is 11.4. The number of para-hydroxylation sites is 1. The van der Waals surface area contributed by atoms with Crippen molar-refractivity contribution in [2.75, 3.05) is 0 Å². The second-order valence-corrected chi connectivity index (χ2v) is 6.25. The van der Waals surface area contributed by atoms with Gasteiger partial charge < -0.3 is 5.11 Å². The number of thiazole rings is 1. The van der Waals surface area contributed by atoms with Gasteiger partial charge >= 0.3 is 0 Å². The molecule has 3 aromatic rings. The average Bonchev–Trinajstić information content (AvgIpc) is 2.83. The molecule has 0 spiro atoms. The highest BCUT2D eigenvalue weighted by atomic mass is 32.1. The Morgan fingerprint density at radius 3 is 2.65 bits per heavy atom. The van der Waals surface area contributed by atoms with E-state index in [4.69, 9.17) is 0 Å². The van der Waals surface area contributed by atoms with Crippen molar-refractivity contribution in [3.63, 3.8) is 0 Å². The quantitative estimate of drug-likeness (QED) is 0.782. The molecule has 0 radical (unpaired) electrons. The van der Waals surface area contributed by atoms with E-state index < -0.39 is 6.10 Å². The van der Waals surface area contributed by atoms with Gasteiger partial charge in [0.1, 0.15) is 0 Å². The van der Waals surface area contributed by atoms with Crippen molar-refractivity contribution in [1.82, 2.24) is 4.98 Å². The third-order valence-corrected chi connectivity index (χ3v) is 4.68. The lowest BCUT2D eigenvalue weighted by Gasteiger charge is -2.11. The number of aliphatic hydroxyl groups excluding tert-OH is 1. The highest BCUT2D eigenvalue weighted by molar-refractivity contribution is 7.18. The summed E-state index contributed by atoms with van der Waals surface area (Å²) in [5.41, 5.74) is 4.44. The van der Waals surface area contributed by atoms with Crippen molar-refractivity contribution in [3.05, 3.63) is 64.2 Å². The first-order chi connectivity index (χ1) is 9.63. The van der Waals surface area contributed by atoms with Crippen LogP contribution in [0.25, 0.3) is 10.2 Å². The summed E-state index contributed by atoms with van der Waals surface area (Å²) in [4.78, 5) is 4.58. The van der Waals surface area contributed by atoms with Crippen molar-refractivity contribution in [1.29, 1.82) is 0 Å². The lowest BCUT2D eigenvalue weighted by atomic mass is 10.0. The van der Waals surface area contributed by atoms with Gasteiger partial charge in [0.25, 0.3) is 0 Å². The van der Waals surface area contributed by atoms with Crippen LogP contribution in [0.1, 0.15) is 27.8 Å². The molecule has 1 atom stereocenters. The lowest BCUT2D eigenvalue weighted by molar-refractivity contribution is 0.178. The van der Waals surface area contributed by atoms with E-state index in [0.717, 1.165) is 16.1 Å². The molecule has 1 heterocycles. The highest BCUT2D eigenvalue weighted by Gasteiger charge is 2.12. The number of nitrogens with zero attached hydrogens (tertiary/aromatic N) is 1. The molecule has 1 unspecified atom stereocenters. The standard InChI is InChI=1S/C17H17NOS/c1-11-7-8-13(9-12(11)2)15(19)10-17-18-14-5-3-4-6-16(14)20-17/h3-9,15,19H,10H2,1-2H3. The maximum Gasteiger partial charge on any atom is 0.0967 e. The van der Waals surface area contributed by atoms with Crippen molar-refractivity contribution in [2.45, 2.75) is 26.4 Å². The van der Waals surface area contributed by atoms with E-state index in [1.165, 1.54) is 15.8 Å². The van der Waals surface area contributed by atoms with Crippen LogP contribution in [0.4, 0.5) is 0 Å². The average molecular weight is 283 g/mol. The van der Waals surface area contributed by atoms with Crippen LogP contribution in [0.5, 0.6) is 0 Å². The minimum absolute atomic E-state index is 0.491. The number of rotatable bonds is 3. The van der Waals surface area contributed by atoms with Crippen LogP contribution in [-0.2, 0) is 6.42 Å². The van der Waals surface area contributed by atoms with Gasteiger partial charge in [-0.1, -0.05) is 30.3 Å². The second-order valence-electron chi connectivity index (χ2n) is 5.14. The molecule has 0 saturated heterocycles. The minimum atomic E-state index is -0.491. The summed E-state index contributed by atoms with van der Waals surface area (Å²) in [6.45, 7) is 4.16. The lowest BCUT2D eigenvalue weighted by Crippen LogP contribution is -2.02. The van der Waals surface area contributed by atoms with E-state index in [1.54, 1.807) is 11.3 Å². The Morgan fingerprint density at radius 1 is 1.10 bits per heavy atom. The molecule has 3 rings (SSSR count). The fraction of sp³-hybridized carbons (Fsp3) is 0.235. The molecule has 1 N–H and O–H groups in total. The first-order valence-electron chi connectivity index (χ1n) is 6.73. The molecule has 2 nitrogen and oxygen atoms in total. The van der Waals surface area contributed by atoms with E-state index in [-0.39, 0.29) is 0 Å². The number of aryl methyl sites for hydroxylation is 2. The first kappa shape index (κ1) is 13.3. The molecule has 3 heteroatoms. The summed E-state index contributed by atoms with van der Waals surface area (Å²) in [6.07, 6.45) is 0.0804. The van der Waals surface area contributed by atoms with Gasteiger partial charge in [-0.15, -0.1) is 11.3 Å². The van der Waals surface area contributed by atoms with Gasteiger partial charge in [-0.05, 0) is 42.7 Å². The number of fused-ring (bicyclic) bond motifs is 1. The Balaban J connectivity index is 1.84. The smallest absolute Gasteiger partial charge is 0.0967 e. The van der Waals surface area contributed by atoms with Crippen LogP contribution < -0.4 is 0 Å². The maximum atomic E-state index is 10.4. The van der Waals surface area contributed by atoms with E-state index in [9.17, 15) is 5.11 Å². The third-order valence-electron chi connectivity index (χ3n) is 3.62. The van der Waals surface area contributed by atoms with Crippen LogP contribution in [0.3, 0.4) is 0 Å². The monoisotopic (exact) mass is 283 g/mol. The number of aromatic nitrogens is 1. The third kappa shape index (κ3) is 2.60. The Labute approximate surface area is 122 Å². The van der Waals surface area contributed by atoms with Gasteiger partial charge in [0.2, 0.25) is 0 Å². The molecular weight excluding hydrogens is 266 g/mol. The Hall–Kier alpha value is -1.71. The Morgan fingerprint density at radius 2 is 1.90 bits per heavy atom. The number of hydrogen-bond acceptors (Lipinski definition) is 3. The van der Waals surface area contributed by atoms with Crippen molar-refractivity contribution >= 4 is 21.6 Å². The molecule has 20 heavy (non-hydrogen) atoms. The Kier molecular flexibility index (Phi) is 3.55. The van der Waals surface area contributed by atoms with Gasteiger partial charge in [-0.3, -0.25) is 0 Å². The number of benzene rings is 2. The van der Waals surface area contributed by atoms with E-state index >= 15 is 0 Å². The van der Waals surface area contributed by atoms with E-state index in [1.807, 2.05) is 24.3 Å². The number of aliphatic hydroxyl groups is 1. The fourth-order valence-corrected chi connectivity index (χ4v) is 3.27. The predicted octanol–water partition coefficient (Wildman–Crippen LogP) is 4.19. The summed E-state index contributed by atoms with van der Waals surface area (Å²) >= 11 is 1.66. The minimum Gasteiger partial charge on any atom is -0.388 e. The fourth-order valence-electron chi connectivity index (χ4n) is 2.26. The molecule has 1 aromatic heterocycles. The zero-order valence-electron chi connectivity index (χ0n) is 11.6. The van der Waals surface area contributed by atoms with Crippen molar-refractivity contribution in [2.24, 2.45) is 0 Å². The van der Waals surface area contributed by atoms with Crippen LogP contribution >= 0.6 is 11.3 Å². The number of hydrogen-bond donors (Lipinski definition) is 1. The first-order valence-corrected chi connectivity index (χ1v) is 7.55. The van der Waals surface area contributed by atoms with Crippen molar-refractivity contribution < 1.29 is 5.11 Å². The van der Waals surface area contributed by atoms with Crippen LogP contribution in [0.15, 0.2) is 42.5 Å². The SMILES string of the molecule is Cc1ccc(C(O)Cc2nc3ccccc3s2)cc1C. The summed E-state index contributed by atoms with van der Waals surface area (Å²) in [5.74, 6) is 0. The zero-order chi connectivity index (χ0) is 14.1. The molecule has 0 aliphatic heterocycles. The molecule has 102 valence electrons. The summed E-state index contributed by atoms with van der Waals surface area (Å²) in [7, 11) is 0. The highest BCUT2D eigenvalue weighted by Crippen LogP contribution is 2.26. The van der Waals surface area contributed by atoms with E-state index in [0.29, 0.717) is 6.42 Å². The van der Waals surface area contributed by atoms with E-state index in [2.05, 4.69) is 37.0 Å². The molecule has 0 saturated carbocycles. The van der Waals surface area contributed by atoms with Gasteiger partial charge in [-0.25, -0.2) is 4.98 Å². The van der Waals surface area contributed by atoms with Crippen molar-refractivity contribution in [3.8, 4) is 0 Å². The van der Waals surface area contributed by atoms with Gasteiger partial charge in [0.15, 0.2) is 0 Å². The topological polar surface area (TPSA) is 33.1 Å². The van der Waals surface area contributed by atoms with Crippen LogP contribution in [0.2, 0.25) is 0 Å².